The van der Waals surface area contributed by atoms with Gasteiger partial charge in [0.2, 0.25) is 5.91 Å². The summed E-state index contributed by atoms with van der Waals surface area (Å²) in [6.07, 6.45) is 36.9. The molecule has 0 aromatic rings. The molecule has 0 rings (SSSR count). The molecule has 0 aromatic heterocycles. The van der Waals surface area contributed by atoms with Crippen molar-refractivity contribution in [1.82, 2.24) is 5.32 Å². The van der Waals surface area contributed by atoms with Crippen molar-refractivity contribution in [2.45, 2.75) is 301 Å². The smallest absolute Gasteiger partial charge is 0.462 e. The Labute approximate surface area is 434 Å². The highest BCUT2D eigenvalue weighted by Gasteiger charge is 2.26. The van der Waals surface area contributed by atoms with Crippen LogP contribution in [-0.2, 0) is 47.1 Å². The Hall–Kier alpha value is -2.18. The molecular formula is C56H120NO12P. The van der Waals surface area contributed by atoms with Gasteiger partial charge in [0.05, 0.1) is 13.2 Å². The molecule has 70 heavy (non-hydrogen) atoms. The van der Waals surface area contributed by atoms with Crippen molar-refractivity contribution in [3.05, 3.63) is 0 Å². The van der Waals surface area contributed by atoms with Gasteiger partial charge in [0.1, 0.15) is 18.2 Å². The summed E-state index contributed by atoms with van der Waals surface area (Å²) < 4.78 is 33.2. The van der Waals surface area contributed by atoms with Gasteiger partial charge in [-0.25, -0.2) is 4.57 Å². The lowest BCUT2D eigenvalue weighted by atomic mass is 10.0. The standard InChI is InChI=1S/C43H84NO9P.C7H12O2.3C2H6.H2O.2H2/c1-4-6-8-10-12-14-16-18-20-22-24-26-28-30-32-34-42(46)50-38-41(39-52-54(48,49)51-37-36-44-40(3)45)53-43(47)35-33-31-29-27-25-23-21-19-17-15-13-11-9-7-5-2;1-5(7(3)9)4-6(2)8;3*1-2;;;/h41H,4-39H2,1-3H3,(H,44,45)(H,48,49);5H,4H2,1-3H3;3*1-2H3;1H2;2*1H/t41-;;;;;;;/m1......./s1. The van der Waals surface area contributed by atoms with E-state index in [2.05, 4.69) is 19.2 Å². The van der Waals surface area contributed by atoms with Gasteiger partial charge in [-0.15, -0.1) is 0 Å². The molecule has 0 aromatic carbocycles. The first-order valence-electron chi connectivity index (χ1n) is 28.4. The van der Waals surface area contributed by atoms with Gasteiger partial charge in [-0.05, 0) is 26.7 Å². The van der Waals surface area contributed by atoms with Crippen molar-refractivity contribution >= 4 is 37.2 Å². The number of esters is 2. The first-order valence-corrected chi connectivity index (χ1v) is 29.9. The minimum absolute atomic E-state index is 0. The number of nitrogens with one attached hydrogen (secondary N) is 1. The third-order valence-electron chi connectivity index (χ3n) is 11.1. The summed E-state index contributed by atoms with van der Waals surface area (Å²) in [7, 11) is -4.48. The van der Waals surface area contributed by atoms with Crippen LogP contribution in [0.2, 0.25) is 0 Å². The van der Waals surface area contributed by atoms with Crippen LogP contribution in [0.15, 0.2) is 0 Å². The number of ether oxygens (including phenoxy) is 2. The number of Topliss-reactive ketones (excluding diaryl/α,β-unsaturated/α-hetero) is 2. The molecular weight excluding hydrogens is 910 g/mol. The number of carbonyl (C=O) groups excluding carboxylic acids is 5. The van der Waals surface area contributed by atoms with Crippen LogP contribution in [0.4, 0.5) is 0 Å². The van der Waals surface area contributed by atoms with E-state index in [1.807, 2.05) is 41.5 Å². The number of unbranched alkanes of at least 4 members (excludes halogenated alkanes) is 28. The number of rotatable bonds is 45. The SMILES string of the molecule is CC.CC.CC.CC(=O)CC(C)C(C)=O.CCCCCCCCCCCCCCCCCC(=O)OC[C@H](COP(=O)(O)OCCNC(C)=O)OC(=O)CCCCCCCCCCCCCCCCC.O.[HH].[HH]. The molecule has 426 valence electrons. The first kappa shape index (κ1) is 79.2. The van der Waals surface area contributed by atoms with Crippen LogP contribution in [-0.4, -0.2) is 72.3 Å². The van der Waals surface area contributed by atoms with E-state index >= 15 is 0 Å². The van der Waals surface area contributed by atoms with Crippen LogP contribution >= 0.6 is 7.82 Å². The lowest BCUT2D eigenvalue weighted by Crippen LogP contribution is -2.30. The van der Waals surface area contributed by atoms with E-state index in [1.165, 1.54) is 168 Å². The molecule has 4 N–H and O–H groups in total. The van der Waals surface area contributed by atoms with Crippen molar-refractivity contribution in [2.24, 2.45) is 5.92 Å². The molecule has 0 heterocycles. The Balaban J connectivity index is -0.000000332. The molecule has 0 saturated heterocycles. The summed E-state index contributed by atoms with van der Waals surface area (Å²) in [5.74, 6) is -1.08. The highest BCUT2D eigenvalue weighted by Crippen LogP contribution is 2.43. The predicted octanol–water partition coefficient (Wildman–Crippen LogP) is 16.2. The maximum atomic E-state index is 12.6. The van der Waals surface area contributed by atoms with Crippen molar-refractivity contribution in [3.63, 3.8) is 0 Å². The van der Waals surface area contributed by atoms with Gasteiger partial charge in [-0.3, -0.25) is 28.2 Å². The van der Waals surface area contributed by atoms with Crippen LogP contribution in [0.5, 0.6) is 0 Å². The lowest BCUT2D eigenvalue weighted by molar-refractivity contribution is -0.161. The number of phosphoric ester groups is 1. The van der Waals surface area contributed by atoms with Crippen molar-refractivity contribution in [1.29, 1.82) is 0 Å². The van der Waals surface area contributed by atoms with Crippen LogP contribution < -0.4 is 5.32 Å². The van der Waals surface area contributed by atoms with Gasteiger partial charge < -0.3 is 30.0 Å². The normalized spacial score (nSPS) is 12.0. The van der Waals surface area contributed by atoms with Gasteiger partial charge >= 0.3 is 19.8 Å². The molecule has 0 aliphatic carbocycles. The fourth-order valence-corrected chi connectivity index (χ4v) is 7.83. The van der Waals surface area contributed by atoms with E-state index in [0.29, 0.717) is 12.8 Å². The van der Waals surface area contributed by atoms with Crippen LogP contribution in [0, 0.1) is 5.92 Å². The molecule has 0 bridgehead atoms. The van der Waals surface area contributed by atoms with Gasteiger partial charge in [0.25, 0.3) is 0 Å². The first-order chi connectivity index (χ1) is 33.2. The van der Waals surface area contributed by atoms with E-state index in [-0.39, 0.29) is 64.3 Å². The third kappa shape index (κ3) is 70.1. The molecule has 0 spiro atoms. The maximum Gasteiger partial charge on any atom is 0.472 e. The van der Waals surface area contributed by atoms with Gasteiger partial charge in [0.15, 0.2) is 6.10 Å². The number of hydrogen-bond acceptors (Lipinski definition) is 10. The molecule has 0 radical (unpaired) electrons. The topological polar surface area (TPSA) is 203 Å². The molecule has 0 aliphatic heterocycles. The summed E-state index contributed by atoms with van der Waals surface area (Å²) in [6, 6.07) is 0. The van der Waals surface area contributed by atoms with Crippen molar-refractivity contribution in [3.8, 4) is 0 Å². The zero-order chi connectivity index (χ0) is 53.2. The van der Waals surface area contributed by atoms with Crippen molar-refractivity contribution < 1.29 is 60.3 Å². The minimum atomic E-state index is -4.48. The predicted molar refractivity (Wildman–Crippen MR) is 297 cm³/mol. The molecule has 14 heteroatoms. The summed E-state index contributed by atoms with van der Waals surface area (Å²) >= 11 is 0. The maximum absolute atomic E-state index is 12.6. The van der Waals surface area contributed by atoms with Gasteiger partial charge in [0, 0.05) is 41.5 Å². The Kier molecular flexibility index (Phi) is 73.4. The summed E-state index contributed by atoms with van der Waals surface area (Å²) in [5, 5.41) is 2.46. The highest BCUT2D eigenvalue weighted by atomic mass is 31.2. The second-order valence-corrected chi connectivity index (χ2v) is 19.1. The second kappa shape index (κ2) is 64.8. The van der Waals surface area contributed by atoms with E-state index in [1.54, 1.807) is 6.92 Å². The number of hydrogen-bond donors (Lipinski definition) is 2. The average molecular weight is 1030 g/mol. The number of ketones is 2. The lowest BCUT2D eigenvalue weighted by Gasteiger charge is -2.20. The highest BCUT2D eigenvalue weighted by molar-refractivity contribution is 7.47. The molecule has 13 nitrogen and oxygen atoms in total. The quantitative estimate of drug-likeness (QED) is 0.0334. The Morgan fingerprint density at radius 1 is 0.514 bits per heavy atom. The van der Waals surface area contributed by atoms with E-state index in [0.717, 1.165) is 38.5 Å². The van der Waals surface area contributed by atoms with E-state index < -0.39 is 32.5 Å². The van der Waals surface area contributed by atoms with Gasteiger partial charge in [-0.2, -0.15) is 0 Å². The van der Waals surface area contributed by atoms with E-state index in [4.69, 9.17) is 18.5 Å². The third-order valence-corrected chi connectivity index (χ3v) is 12.1. The summed E-state index contributed by atoms with van der Waals surface area (Å²) in [4.78, 5) is 67.1. The van der Waals surface area contributed by atoms with Crippen LogP contribution in [0.1, 0.15) is 298 Å². The molecule has 2 unspecified atom stereocenters. The van der Waals surface area contributed by atoms with E-state index in [9.17, 15) is 33.4 Å². The number of amides is 1. The average Bonchev–Trinajstić information content (AvgIpc) is 3.33. The fraction of sp³-hybridized carbons (Fsp3) is 0.911. The zero-order valence-corrected chi connectivity index (χ0v) is 48.7. The largest absolute Gasteiger partial charge is 0.472 e. The van der Waals surface area contributed by atoms with Crippen LogP contribution in [0.3, 0.4) is 0 Å². The monoisotopic (exact) mass is 1030 g/mol. The fourth-order valence-electron chi connectivity index (χ4n) is 7.08. The zero-order valence-electron chi connectivity index (χ0n) is 47.8. The summed E-state index contributed by atoms with van der Waals surface area (Å²) in [6.45, 7) is 21.7. The molecule has 1 amide bonds. The second-order valence-electron chi connectivity index (χ2n) is 17.7. The number of phosphoric acid groups is 1. The molecule has 0 fully saturated rings. The van der Waals surface area contributed by atoms with Crippen molar-refractivity contribution in [2.75, 3.05) is 26.4 Å². The Morgan fingerprint density at radius 3 is 1.14 bits per heavy atom. The van der Waals surface area contributed by atoms with Crippen LogP contribution in [0.25, 0.3) is 0 Å². The number of carbonyl (C=O) groups is 5. The molecule has 0 aliphatic rings. The molecule has 3 atom stereocenters. The Bertz CT molecular complexity index is 1180. The molecule has 0 saturated carbocycles. The minimum Gasteiger partial charge on any atom is -0.462 e. The Morgan fingerprint density at radius 2 is 0.843 bits per heavy atom. The summed E-state index contributed by atoms with van der Waals surface area (Å²) in [5.41, 5.74) is 0. The van der Waals surface area contributed by atoms with Gasteiger partial charge in [-0.1, -0.05) is 242 Å².